The molecule has 5 heteroatoms. The fourth-order valence-electron chi connectivity index (χ4n) is 4.09. The molecule has 1 N–H and O–H groups in total. The lowest BCUT2D eigenvalue weighted by Crippen LogP contribution is -2.40. The summed E-state index contributed by atoms with van der Waals surface area (Å²) in [6, 6.07) is 22.8. The molecule has 1 aliphatic heterocycles. The standard InChI is InChI=1S/C25H26N2O3/c28-25(29)21-10-6-14-27(18-21)15-16-30-26-17-20-8-2-4-12-23(20)24-13-5-9-19-7-1-3-11-22(19)24/h1-5,7-9,11-13,17,21H,6,10,14-16,18H2,(H,28,29)/b26-17+. The zero-order chi connectivity index (χ0) is 20.8. The van der Waals surface area contributed by atoms with Crippen LogP contribution in [0.5, 0.6) is 0 Å². The quantitative estimate of drug-likeness (QED) is 0.355. The Morgan fingerprint density at radius 3 is 2.73 bits per heavy atom. The molecular formula is C25H26N2O3. The number of hydrogen-bond donors (Lipinski definition) is 1. The van der Waals surface area contributed by atoms with Crippen LogP contribution >= 0.6 is 0 Å². The second-order valence-electron chi connectivity index (χ2n) is 7.66. The number of rotatable bonds is 7. The highest BCUT2D eigenvalue weighted by Crippen LogP contribution is 2.30. The summed E-state index contributed by atoms with van der Waals surface area (Å²) in [4.78, 5) is 18.8. The summed E-state index contributed by atoms with van der Waals surface area (Å²) >= 11 is 0. The van der Waals surface area contributed by atoms with Crippen LogP contribution in [0.25, 0.3) is 21.9 Å². The minimum atomic E-state index is -0.705. The first-order chi connectivity index (χ1) is 14.7. The molecule has 1 aliphatic rings. The third-order valence-electron chi connectivity index (χ3n) is 5.66. The van der Waals surface area contributed by atoms with E-state index in [9.17, 15) is 9.90 Å². The highest BCUT2D eigenvalue weighted by atomic mass is 16.6. The molecule has 0 saturated carbocycles. The first kappa shape index (κ1) is 20.1. The molecule has 1 atom stereocenters. The number of piperidine rings is 1. The van der Waals surface area contributed by atoms with Gasteiger partial charge in [-0.05, 0) is 41.3 Å². The zero-order valence-corrected chi connectivity index (χ0v) is 16.9. The molecule has 1 unspecified atom stereocenters. The van der Waals surface area contributed by atoms with Crippen LogP contribution in [-0.2, 0) is 9.63 Å². The fourth-order valence-corrected chi connectivity index (χ4v) is 4.09. The van der Waals surface area contributed by atoms with Gasteiger partial charge < -0.3 is 9.94 Å². The molecule has 0 amide bonds. The summed E-state index contributed by atoms with van der Waals surface area (Å²) in [6.45, 7) is 2.64. The normalized spacial score (nSPS) is 17.4. The summed E-state index contributed by atoms with van der Waals surface area (Å²) in [6.07, 6.45) is 3.43. The van der Waals surface area contributed by atoms with Crippen LogP contribution in [0.2, 0.25) is 0 Å². The van der Waals surface area contributed by atoms with Gasteiger partial charge in [0.2, 0.25) is 0 Å². The number of carbonyl (C=O) groups is 1. The highest BCUT2D eigenvalue weighted by molar-refractivity contribution is 6.01. The van der Waals surface area contributed by atoms with E-state index < -0.39 is 5.97 Å². The molecule has 5 nitrogen and oxygen atoms in total. The van der Waals surface area contributed by atoms with Crippen LogP contribution in [-0.4, -0.2) is 48.4 Å². The van der Waals surface area contributed by atoms with Gasteiger partial charge in [0.1, 0.15) is 6.61 Å². The Morgan fingerprint density at radius 1 is 1.07 bits per heavy atom. The Labute approximate surface area is 176 Å². The first-order valence-electron chi connectivity index (χ1n) is 10.4. The van der Waals surface area contributed by atoms with Gasteiger partial charge in [0.25, 0.3) is 0 Å². The van der Waals surface area contributed by atoms with E-state index in [1.165, 1.54) is 16.3 Å². The van der Waals surface area contributed by atoms with Crippen LogP contribution in [0, 0.1) is 5.92 Å². The van der Waals surface area contributed by atoms with Gasteiger partial charge in [-0.2, -0.15) is 0 Å². The van der Waals surface area contributed by atoms with Crippen molar-refractivity contribution in [2.75, 3.05) is 26.2 Å². The van der Waals surface area contributed by atoms with Gasteiger partial charge in [0, 0.05) is 18.7 Å². The number of aliphatic carboxylic acids is 1. The maximum atomic E-state index is 11.2. The second kappa shape index (κ2) is 9.55. The number of carboxylic acid groups (broad SMARTS) is 1. The van der Waals surface area contributed by atoms with Crippen molar-refractivity contribution in [2.24, 2.45) is 11.1 Å². The van der Waals surface area contributed by atoms with E-state index in [1.54, 1.807) is 6.21 Å². The van der Waals surface area contributed by atoms with E-state index in [4.69, 9.17) is 4.84 Å². The topological polar surface area (TPSA) is 62.1 Å². The van der Waals surface area contributed by atoms with Crippen molar-refractivity contribution < 1.29 is 14.7 Å². The molecule has 0 bridgehead atoms. The molecule has 0 spiro atoms. The lowest BCUT2D eigenvalue weighted by molar-refractivity contribution is -0.143. The molecule has 1 heterocycles. The van der Waals surface area contributed by atoms with Crippen LogP contribution < -0.4 is 0 Å². The number of nitrogens with zero attached hydrogens (tertiary/aromatic N) is 2. The predicted molar refractivity (Wildman–Crippen MR) is 120 cm³/mol. The van der Waals surface area contributed by atoms with Crippen molar-refractivity contribution in [3.05, 3.63) is 72.3 Å². The Bertz CT molecular complexity index is 1040. The minimum absolute atomic E-state index is 0.269. The molecule has 3 aromatic rings. The van der Waals surface area contributed by atoms with E-state index in [1.807, 2.05) is 24.3 Å². The van der Waals surface area contributed by atoms with E-state index in [0.717, 1.165) is 30.5 Å². The summed E-state index contributed by atoms with van der Waals surface area (Å²) in [5, 5.41) is 15.8. The average molecular weight is 402 g/mol. The number of hydrogen-bond acceptors (Lipinski definition) is 4. The lowest BCUT2D eigenvalue weighted by Gasteiger charge is -2.29. The average Bonchev–Trinajstić information content (AvgIpc) is 2.79. The third kappa shape index (κ3) is 4.69. The minimum Gasteiger partial charge on any atom is -0.481 e. The number of likely N-dealkylation sites (tertiary alicyclic amines) is 1. The van der Waals surface area contributed by atoms with Gasteiger partial charge in [-0.15, -0.1) is 0 Å². The molecule has 0 aromatic heterocycles. The molecule has 0 radical (unpaired) electrons. The molecule has 0 aliphatic carbocycles. The summed E-state index contributed by atoms with van der Waals surface area (Å²) in [5.41, 5.74) is 3.28. The van der Waals surface area contributed by atoms with Crippen molar-refractivity contribution in [2.45, 2.75) is 12.8 Å². The van der Waals surface area contributed by atoms with Crippen molar-refractivity contribution in [1.82, 2.24) is 4.90 Å². The van der Waals surface area contributed by atoms with E-state index in [0.29, 0.717) is 19.7 Å². The maximum absolute atomic E-state index is 11.2. The molecule has 30 heavy (non-hydrogen) atoms. The van der Waals surface area contributed by atoms with Crippen molar-refractivity contribution >= 4 is 23.0 Å². The van der Waals surface area contributed by atoms with Crippen LogP contribution in [0.3, 0.4) is 0 Å². The van der Waals surface area contributed by atoms with Crippen LogP contribution in [0.15, 0.2) is 71.9 Å². The molecule has 1 saturated heterocycles. The predicted octanol–water partition coefficient (Wildman–Crippen LogP) is 4.65. The van der Waals surface area contributed by atoms with Crippen molar-refractivity contribution in [1.29, 1.82) is 0 Å². The zero-order valence-electron chi connectivity index (χ0n) is 16.9. The van der Waals surface area contributed by atoms with Gasteiger partial charge in [0.05, 0.1) is 12.1 Å². The van der Waals surface area contributed by atoms with Gasteiger partial charge in [-0.25, -0.2) is 0 Å². The van der Waals surface area contributed by atoms with Gasteiger partial charge in [0.15, 0.2) is 0 Å². The summed E-state index contributed by atoms with van der Waals surface area (Å²) in [5.74, 6) is -0.974. The summed E-state index contributed by atoms with van der Waals surface area (Å²) in [7, 11) is 0. The number of fused-ring (bicyclic) bond motifs is 1. The number of carboxylic acids is 1. The van der Waals surface area contributed by atoms with Crippen LogP contribution in [0.4, 0.5) is 0 Å². The molecule has 154 valence electrons. The smallest absolute Gasteiger partial charge is 0.307 e. The Balaban J connectivity index is 1.41. The van der Waals surface area contributed by atoms with E-state index in [2.05, 4.69) is 52.5 Å². The van der Waals surface area contributed by atoms with Crippen LogP contribution in [0.1, 0.15) is 18.4 Å². The van der Waals surface area contributed by atoms with Gasteiger partial charge in [-0.1, -0.05) is 71.9 Å². The Morgan fingerprint density at radius 2 is 1.83 bits per heavy atom. The van der Waals surface area contributed by atoms with Crippen molar-refractivity contribution in [3.63, 3.8) is 0 Å². The lowest BCUT2D eigenvalue weighted by atomic mass is 9.95. The first-order valence-corrected chi connectivity index (χ1v) is 10.4. The molecule has 3 aromatic carbocycles. The SMILES string of the molecule is O=C(O)C1CCCN(CCO/N=C/c2ccccc2-c2cccc3ccccc23)C1. The molecule has 4 rings (SSSR count). The molecule has 1 fully saturated rings. The van der Waals surface area contributed by atoms with Gasteiger partial charge >= 0.3 is 5.97 Å². The van der Waals surface area contributed by atoms with E-state index >= 15 is 0 Å². The molecular weight excluding hydrogens is 376 g/mol. The number of oxime groups is 1. The van der Waals surface area contributed by atoms with E-state index in [-0.39, 0.29) is 5.92 Å². The fraction of sp³-hybridized carbons (Fsp3) is 0.280. The Hall–Kier alpha value is -3.18. The number of benzene rings is 3. The van der Waals surface area contributed by atoms with Gasteiger partial charge in [-0.3, -0.25) is 9.69 Å². The summed E-state index contributed by atoms with van der Waals surface area (Å²) < 4.78 is 0. The highest BCUT2D eigenvalue weighted by Gasteiger charge is 2.24. The maximum Gasteiger partial charge on any atom is 0.307 e. The van der Waals surface area contributed by atoms with Crippen molar-refractivity contribution in [3.8, 4) is 11.1 Å². The third-order valence-corrected chi connectivity index (χ3v) is 5.66. The second-order valence-corrected chi connectivity index (χ2v) is 7.66. The Kier molecular flexibility index (Phi) is 6.40. The monoisotopic (exact) mass is 402 g/mol. The largest absolute Gasteiger partial charge is 0.481 e.